The molecule has 0 aromatic heterocycles. The number of hydrogen-bond donors (Lipinski definition) is 2. The molecule has 0 atom stereocenters. The van der Waals surface area contributed by atoms with Crippen molar-refractivity contribution in [1.29, 1.82) is 0 Å². The van der Waals surface area contributed by atoms with Gasteiger partial charge in [-0.15, -0.1) is 0 Å². The highest BCUT2D eigenvalue weighted by Crippen LogP contribution is 2.22. The molecule has 0 aliphatic rings. The lowest BCUT2D eigenvalue weighted by Gasteiger charge is -2.11. The molecule has 0 spiro atoms. The van der Waals surface area contributed by atoms with Crippen LogP contribution >= 0.6 is 0 Å². The van der Waals surface area contributed by atoms with E-state index in [-0.39, 0.29) is 18.3 Å². The normalized spacial score (nSPS) is 11.2. The van der Waals surface area contributed by atoms with Crippen LogP contribution in [0.15, 0.2) is 47.6 Å². The van der Waals surface area contributed by atoms with Crippen LogP contribution < -0.4 is 10.2 Å². The minimum atomic E-state index is -0.317. The van der Waals surface area contributed by atoms with Crippen LogP contribution in [-0.4, -0.2) is 23.3 Å². The number of amides is 1. The second-order valence-corrected chi connectivity index (χ2v) is 5.50. The lowest BCUT2D eigenvalue weighted by atomic mass is 10.1. The van der Waals surface area contributed by atoms with Crippen LogP contribution in [0, 0.1) is 13.8 Å². The highest BCUT2D eigenvalue weighted by atomic mass is 16.5. The summed E-state index contributed by atoms with van der Waals surface area (Å²) in [5.41, 5.74) is 6.08. The van der Waals surface area contributed by atoms with Crippen molar-refractivity contribution >= 4 is 11.6 Å². The second kappa shape index (κ2) is 8.15. The van der Waals surface area contributed by atoms with E-state index in [2.05, 4.69) is 10.5 Å². The van der Waals surface area contributed by atoms with E-state index in [4.69, 9.17) is 4.74 Å². The third kappa shape index (κ3) is 4.59. The molecule has 0 unspecified atom stereocenters. The van der Waals surface area contributed by atoms with Crippen LogP contribution in [0.25, 0.3) is 0 Å². The van der Waals surface area contributed by atoms with Crippen molar-refractivity contribution in [2.45, 2.75) is 27.2 Å². The van der Waals surface area contributed by atoms with Gasteiger partial charge in [-0.25, -0.2) is 5.43 Å². The Morgan fingerprint density at radius 3 is 2.33 bits per heavy atom. The van der Waals surface area contributed by atoms with E-state index in [1.807, 2.05) is 39.0 Å². The molecule has 0 radical (unpaired) electrons. The molecule has 2 aromatic carbocycles. The maximum absolute atomic E-state index is 12.0. The zero-order chi connectivity index (χ0) is 17.5. The van der Waals surface area contributed by atoms with Crippen molar-refractivity contribution in [2.24, 2.45) is 5.10 Å². The van der Waals surface area contributed by atoms with Gasteiger partial charge in [0.2, 0.25) is 0 Å². The SMILES string of the molecule is CCC(=NNC(=O)COc1c(C)cccc1C)c1ccc(O)cc1. The lowest BCUT2D eigenvalue weighted by Crippen LogP contribution is -2.26. The monoisotopic (exact) mass is 326 g/mol. The van der Waals surface area contributed by atoms with Crippen LogP contribution in [0.3, 0.4) is 0 Å². The molecule has 0 aliphatic heterocycles. The fourth-order valence-corrected chi connectivity index (χ4v) is 2.33. The lowest BCUT2D eigenvalue weighted by molar-refractivity contribution is -0.123. The highest BCUT2D eigenvalue weighted by molar-refractivity contribution is 6.01. The summed E-state index contributed by atoms with van der Waals surface area (Å²) < 4.78 is 5.60. The average molecular weight is 326 g/mol. The number of benzene rings is 2. The van der Waals surface area contributed by atoms with E-state index in [1.165, 1.54) is 0 Å². The molecule has 0 saturated carbocycles. The Balaban J connectivity index is 1.97. The summed E-state index contributed by atoms with van der Waals surface area (Å²) in [6, 6.07) is 12.5. The number of para-hydroxylation sites is 1. The fraction of sp³-hybridized carbons (Fsp3) is 0.263. The van der Waals surface area contributed by atoms with E-state index in [9.17, 15) is 9.90 Å². The van der Waals surface area contributed by atoms with Crippen molar-refractivity contribution in [2.75, 3.05) is 6.61 Å². The molecular formula is C19H22N2O3. The topological polar surface area (TPSA) is 70.9 Å². The molecule has 126 valence electrons. The van der Waals surface area contributed by atoms with Gasteiger partial charge in [0, 0.05) is 0 Å². The number of ether oxygens (including phenoxy) is 1. The molecule has 5 nitrogen and oxygen atoms in total. The van der Waals surface area contributed by atoms with Gasteiger partial charge in [-0.3, -0.25) is 4.79 Å². The van der Waals surface area contributed by atoms with Gasteiger partial charge >= 0.3 is 0 Å². The van der Waals surface area contributed by atoms with Gasteiger partial charge in [0.05, 0.1) is 5.71 Å². The number of aryl methyl sites for hydroxylation is 2. The van der Waals surface area contributed by atoms with E-state index in [0.717, 1.165) is 28.2 Å². The van der Waals surface area contributed by atoms with Crippen LogP contribution in [0.1, 0.15) is 30.0 Å². The Morgan fingerprint density at radius 1 is 1.12 bits per heavy atom. The number of phenols is 1. The molecule has 5 heteroatoms. The predicted octanol–water partition coefficient (Wildman–Crippen LogP) is 3.32. The van der Waals surface area contributed by atoms with Crippen LogP contribution in [0.2, 0.25) is 0 Å². The summed E-state index contributed by atoms with van der Waals surface area (Å²) in [6.07, 6.45) is 0.656. The quantitative estimate of drug-likeness (QED) is 0.632. The largest absolute Gasteiger partial charge is 0.508 e. The molecule has 24 heavy (non-hydrogen) atoms. The van der Waals surface area contributed by atoms with Crippen LogP contribution in [0.5, 0.6) is 11.5 Å². The first-order chi connectivity index (χ1) is 11.5. The van der Waals surface area contributed by atoms with E-state index in [0.29, 0.717) is 6.42 Å². The molecule has 2 N–H and O–H groups in total. The number of carbonyl (C=O) groups is 1. The summed E-state index contributed by atoms with van der Waals surface area (Å²) >= 11 is 0. The van der Waals surface area contributed by atoms with Crippen LogP contribution in [0.4, 0.5) is 0 Å². The third-order valence-corrected chi connectivity index (χ3v) is 3.61. The number of phenolic OH excluding ortho intramolecular Hbond substituents is 1. The number of aromatic hydroxyl groups is 1. The number of nitrogens with zero attached hydrogens (tertiary/aromatic N) is 1. The Labute approximate surface area is 142 Å². The Morgan fingerprint density at radius 2 is 1.75 bits per heavy atom. The highest BCUT2D eigenvalue weighted by Gasteiger charge is 2.08. The molecule has 0 saturated heterocycles. The molecular weight excluding hydrogens is 304 g/mol. The van der Waals surface area contributed by atoms with E-state index >= 15 is 0 Å². The molecule has 1 amide bonds. The summed E-state index contributed by atoms with van der Waals surface area (Å²) in [7, 11) is 0. The van der Waals surface area contributed by atoms with Crippen molar-refractivity contribution in [3.8, 4) is 11.5 Å². The number of hydrogen-bond acceptors (Lipinski definition) is 4. The number of hydrazone groups is 1. The number of rotatable bonds is 6. The number of carbonyl (C=O) groups excluding carboxylic acids is 1. The van der Waals surface area contributed by atoms with E-state index in [1.54, 1.807) is 24.3 Å². The summed E-state index contributed by atoms with van der Waals surface area (Å²) in [5.74, 6) is 0.605. The first-order valence-electron chi connectivity index (χ1n) is 7.85. The predicted molar refractivity (Wildman–Crippen MR) is 94.5 cm³/mol. The Kier molecular flexibility index (Phi) is 5.95. The zero-order valence-corrected chi connectivity index (χ0v) is 14.2. The van der Waals surface area contributed by atoms with Gasteiger partial charge in [-0.1, -0.05) is 25.1 Å². The third-order valence-electron chi connectivity index (χ3n) is 3.61. The minimum Gasteiger partial charge on any atom is -0.508 e. The van der Waals surface area contributed by atoms with Gasteiger partial charge in [0.25, 0.3) is 5.91 Å². The standard InChI is InChI=1S/C19H22N2O3/c1-4-17(15-8-10-16(22)11-9-15)20-21-18(23)12-24-19-13(2)6-5-7-14(19)3/h5-11,22H,4,12H2,1-3H3,(H,21,23). The first-order valence-corrected chi connectivity index (χ1v) is 7.85. The Hall–Kier alpha value is -2.82. The summed E-state index contributed by atoms with van der Waals surface area (Å²) in [4.78, 5) is 12.0. The summed E-state index contributed by atoms with van der Waals surface area (Å²) in [5, 5.41) is 13.5. The first kappa shape index (κ1) is 17.5. The molecule has 2 aromatic rings. The average Bonchev–Trinajstić information content (AvgIpc) is 2.56. The maximum atomic E-state index is 12.0. The second-order valence-electron chi connectivity index (χ2n) is 5.50. The minimum absolute atomic E-state index is 0.0955. The van der Waals surface area contributed by atoms with Crippen molar-refractivity contribution in [3.05, 3.63) is 59.2 Å². The zero-order valence-electron chi connectivity index (χ0n) is 14.2. The van der Waals surface area contributed by atoms with Crippen molar-refractivity contribution in [1.82, 2.24) is 5.43 Å². The smallest absolute Gasteiger partial charge is 0.277 e. The molecule has 0 bridgehead atoms. The molecule has 0 heterocycles. The van der Waals surface area contributed by atoms with Crippen molar-refractivity contribution in [3.63, 3.8) is 0 Å². The van der Waals surface area contributed by atoms with E-state index < -0.39 is 0 Å². The molecule has 0 fully saturated rings. The van der Waals surface area contributed by atoms with Crippen LogP contribution in [-0.2, 0) is 4.79 Å². The fourth-order valence-electron chi connectivity index (χ4n) is 2.33. The molecule has 2 rings (SSSR count). The van der Waals surface area contributed by atoms with Gasteiger partial charge < -0.3 is 9.84 Å². The van der Waals surface area contributed by atoms with Gasteiger partial charge in [-0.05, 0) is 61.2 Å². The van der Waals surface area contributed by atoms with Gasteiger partial charge in [-0.2, -0.15) is 5.10 Å². The van der Waals surface area contributed by atoms with Gasteiger partial charge in [0.15, 0.2) is 6.61 Å². The Bertz CT molecular complexity index is 717. The summed E-state index contributed by atoms with van der Waals surface area (Å²) in [6.45, 7) is 5.74. The molecule has 0 aliphatic carbocycles. The maximum Gasteiger partial charge on any atom is 0.277 e. The van der Waals surface area contributed by atoms with Gasteiger partial charge in [0.1, 0.15) is 11.5 Å². The number of nitrogens with one attached hydrogen (secondary N) is 1. The van der Waals surface area contributed by atoms with Crippen molar-refractivity contribution < 1.29 is 14.6 Å².